The van der Waals surface area contributed by atoms with E-state index < -0.39 is 5.91 Å². The second-order valence-corrected chi connectivity index (χ2v) is 4.41. The predicted octanol–water partition coefficient (Wildman–Crippen LogP) is -0.0515. The molecule has 5 nitrogen and oxygen atoms in total. The topological polar surface area (TPSA) is 66.5 Å². The fourth-order valence-corrected chi connectivity index (χ4v) is 2.09. The van der Waals surface area contributed by atoms with Crippen LogP contribution in [0, 0.1) is 5.92 Å². The van der Waals surface area contributed by atoms with Crippen LogP contribution < -0.4 is 5.32 Å². The number of nitrogens with zero attached hydrogens (tertiary/aromatic N) is 1. The number of carbonyl (C=O) groups is 3. The third-order valence-electron chi connectivity index (χ3n) is 2.97. The van der Waals surface area contributed by atoms with Gasteiger partial charge in [0.1, 0.15) is 0 Å². The maximum Gasteiger partial charge on any atom is 0.284 e. The number of hydrogen-bond acceptors (Lipinski definition) is 3. The summed E-state index contributed by atoms with van der Waals surface area (Å²) in [5.41, 5.74) is 0. The predicted molar refractivity (Wildman–Crippen MR) is 58.6 cm³/mol. The van der Waals surface area contributed by atoms with E-state index in [2.05, 4.69) is 5.32 Å². The molecule has 2 amide bonds. The average molecular weight is 226 g/mol. The van der Waals surface area contributed by atoms with E-state index in [9.17, 15) is 14.4 Å². The molecule has 0 unspecified atom stereocenters. The molecule has 1 rings (SSSR count). The molecular weight excluding hydrogens is 208 g/mol. The van der Waals surface area contributed by atoms with Gasteiger partial charge in [0.25, 0.3) is 5.91 Å². The first-order valence-electron chi connectivity index (χ1n) is 5.51. The highest BCUT2D eigenvalue weighted by molar-refractivity contribution is 6.23. The molecule has 1 saturated carbocycles. The van der Waals surface area contributed by atoms with Crippen LogP contribution in [0.4, 0.5) is 0 Å². The van der Waals surface area contributed by atoms with Gasteiger partial charge in [-0.05, 0) is 25.7 Å². The minimum Gasteiger partial charge on any atom is -0.349 e. The molecule has 0 radical (unpaired) electrons. The second kappa shape index (κ2) is 5.63. The summed E-state index contributed by atoms with van der Waals surface area (Å²) in [5.74, 6) is -0.345. The molecule has 5 heteroatoms. The van der Waals surface area contributed by atoms with E-state index in [0.29, 0.717) is 0 Å². The fraction of sp³-hybridized carbons (Fsp3) is 0.727. The van der Waals surface area contributed by atoms with E-state index >= 15 is 0 Å². The van der Waals surface area contributed by atoms with Crippen LogP contribution in [0.25, 0.3) is 0 Å². The van der Waals surface area contributed by atoms with Crippen molar-refractivity contribution in [1.82, 2.24) is 10.2 Å². The van der Waals surface area contributed by atoms with Crippen LogP contribution in [0.1, 0.15) is 25.7 Å². The highest BCUT2D eigenvalue weighted by Crippen LogP contribution is 2.25. The van der Waals surface area contributed by atoms with Crippen molar-refractivity contribution in [2.24, 2.45) is 5.92 Å². The Kier molecular flexibility index (Phi) is 4.46. The lowest BCUT2D eigenvalue weighted by atomic mass is 9.85. The Morgan fingerprint density at radius 3 is 2.19 bits per heavy atom. The molecule has 1 aliphatic rings. The summed E-state index contributed by atoms with van der Waals surface area (Å²) in [4.78, 5) is 34.3. The molecule has 16 heavy (non-hydrogen) atoms. The van der Waals surface area contributed by atoms with Gasteiger partial charge in [-0.25, -0.2) is 0 Å². The zero-order chi connectivity index (χ0) is 12.1. The van der Waals surface area contributed by atoms with Crippen molar-refractivity contribution >= 4 is 18.1 Å². The average Bonchev–Trinajstić information content (AvgIpc) is 2.28. The van der Waals surface area contributed by atoms with Crippen LogP contribution in [0.15, 0.2) is 0 Å². The molecule has 0 aromatic heterocycles. The zero-order valence-corrected chi connectivity index (χ0v) is 9.73. The molecule has 1 N–H and O–H groups in total. The van der Waals surface area contributed by atoms with Crippen LogP contribution in [0.2, 0.25) is 0 Å². The van der Waals surface area contributed by atoms with Crippen molar-refractivity contribution < 1.29 is 14.4 Å². The molecule has 1 aliphatic carbocycles. The first kappa shape index (κ1) is 12.7. The van der Waals surface area contributed by atoms with Crippen LogP contribution in [0.5, 0.6) is 0 Å². The zero-order valence-electron chi connectivity index (χ0n) is 9.73. The Hall–Kier alpha value is -1.39. The van der Waals surface area contributed by atoms with Crippen molar-refractivity contribution in [1.29, 1.82) is 0 Å². The standard InChI is InChI=1S/C11H18N2O3/c1-13(2)11(16)8-3-5-9(6-4-8)12-10(15)7-14/h7-9H,3-6H2,1-2H3,(H,12,15). The number of hydrogen-bond donors (Lipinski definition) is 1. The maximum absolute atomic E-state index is 11.7. The van der Waals surface area contributed by atoms with E-state index in [1.807, 2.05) is 0 Å². The molecule has 90 valence electrons. The van der Waals surface area contributed by atoms with Gasteiger partial charge in [-0.2, -0.15) is 0 Å². The number of carbonyl (C=O) groups excluding carboxylic acids is 3. The second-order valence-electron chi connectivity index (χ2n) is 4.41. The van der Waals surface area contributed by atoms with Gasteiger partial charge in [0.2, 0.25) is 12.2 Å². The van der Waals surface area contributed by atoms with E-state index in [1.54, 1.807) is 19.0 Å². The molecule has 0 aromatic rings. The summed E-state index contributed by atoms with van der Waals surface area (Å²) in [6.45, 7) is 0. The van der Waals surface area contributed by atoms with Crippen LogP contribution >= 0.6 is 0 Å². The summed E-state index contributed by atoms with van der Waals surface area (Å²) in [6, 6.07) is 0.0453. The summed E-state index contributed by atoms with van der Waals surface area (Å²) in [6.07, 6.45) is 3.38. The fourth-order valence-electron chi connectivity index (χ4n) is 2.09. The van der Waals surface area contributed by atoms with E-state index in [0.717, 1.165) is 25.7 Å². The largest absolute Gasteiger partial charge is 0.349 e. The number of rotatable bonds is 3. The van der Waals surface area contributed by atoms with E-state index in [1.165, 1.54) is 0 Å². The van der Waals surface area contributed by atoms with Crippen molar-refractivity contribution in [2.75, 3.05) is 14.1 Å². The van der Waals surface area contributed by atoms with Gasteiger partial charge in [0.05, 0.1) is 0 Å². The van der Waals surface area contributed by atoms with Crippen molar-refractivity contribution in [3.8, 4) is 0 Å². The molecular formula is C11H18N2O3. The highest BCUT2D eigenvalue weighted by atomic mass is 16.2. The lowest BCUT2D eigenvalue weighted by molar-refractivity contribution is -0.134. The normalized spacial score (nSPS) is 24.6. The molecule has 0 atom stereocenters. The third kappa shape index (κ3) is 3.32. The Labute approximate surface area is 95.2 Å². The van der Waals surface area contributed by atoms with Gasteiger partial charge in [-0.1, -0.05) is 0 Å². The SMILES string of the molecule is CN(C)C(=O)C1CCC(NC(=O)C=O)CC1. The first-order chi connectivity index (χ1) is 7.54. The summed E-state index contributed by atoms with van der Waals surface area (Å²) < 4.78 is 0. The molecule has 0 aliphatic heterocycles. The molecule has 0 heterocycles. The van der Waals surface area contributed by atoms with Crippen LogP contribution in [-0.4, -0.2) is 43.1 Å². The van der Waals surface area contributed by atoms with Crippen LogP contribution in [-0.2, 0) is 14.4 Å². The quantitative estimate of drug-likeness (QED) is 0.542. The van der Waals surface area contributed by atoms with Gasteiger partial charge >= 0.3 is 0 Å². The Balaban J connectivity index is 2.36. The number of aldehydes is 1. The molecule has 0 bridgehead atoms. The maximum atomic E-state index is 11.7. The minimum atomic E-state index is -0.567. The van der Waals surface area contributed by atoms with E-state index in [4.69, 9.17) is 0 Å². The summed E-state index contributed by atoms with van der Waals surface area (Å²) >= 11 is 0. The molecule has 0 saturated heterocycles. The monoisotopic (exact) mass is 226 g/mol. The molecule has 1 fully saturated rings. The Morgan fingerprint density at radius 1 is 1.19 bits per heavy atom. The van der Waals surface area contributed by atoms with Gasteiger partial charge in [-0.3, -0.25) is 14.4 Å². The Morgan fingerprint density at radius 2 is 1.75 bits per heavy atom. The van der Waals surface area contributed by atoms with Gasteiger partial charge in [-0.15, -0.1) is 0 Å². The van der Waals surface area contributed by atoms with Crippen LogP contribution in [0.3, 0.4) is 0 Å². The van der Waals surface area contributed by atoms with E-state index in [-0.39, 0.29) is 24.2 Å². The van der Waals surface area contributed by atoms with Crippen molar-refractivity contribution in [3.05, 3.63) is 0 Å². The van der Waals surface area contributed by atoms with Gasteiger partial charge in [0.15, 0.2) is 0 Å². The minimum absolute atomic E-state index is 0.0453. The Bertz CT molecular complexity index is 281. The molecule has 0 aromatic carbocycles. The lowest BCUT2D eigenvalue weighted by Crippen LogP contribution is -2.41. The smallest absolute Gasteiger partial charge is 0.284 e. The lowest BCUT2D eigenvalue weighted by Gasteiger charge is -2.29. The van der Waals surface area contributed by atoms with Crippen molar-refractivity contribution in [2.45, 2.75) is 31.7 Å². The number of amides is 2. The third-order valence-corrected chi connectivity index (χ3v) is 2.97. The number of nitrogens with one attached hydrogen (secondary N) is 1. The molecule has 0 spiro atoms. The highest BCUT2D eigenvalue weighted by Gasteiger charge is 2.27. The van der Waals surface area contributed by atoms with Crippen molar-refractivity contribution in [3.63, 3.8) is 0 Å². The summed E-state index contributed by atoms with van der Waals surface area (Å²) in [7, 11) is 3.51. The van der Waals surface area contributed by atoms with Gasteiger partial charge in [0, 0.05) is 26.1 Å². The van der Waals surface area contributed by atoms with Gasteiger partial charge < -0.3 is 10.2 Å². The first-order valence-corrected chi connectivity index (χ1v) is 5.51. The summed E-state index contributed by atoms with van der Waals surface area (Å²) in [5, 5.41) is 2.63.